The van der Waals surface area contributed by atoms with Gasteiger partial charge in [-0.05, 0) is 50.6 Å². The fourth-order valence-electron chi connectivity index (χ4n) is 2.25. The highest BCUT2D eigenvalue weighted by molar-refractivity contribution is 9.10. The van der Waals surface area contributed by atoms with Crippen LogP contribution in [-0.2, 0) is 9.59 Å². The molecular weight excluding hydrogens is 402 g/mol. The molecule has 134 valence electrons. The molecule has 24 heavy (non-hydrogen) atoms. The lowest BCUT2D eigenvalue weighted by Crippen LogP contribution is -2.31. The molecule has 0 radical (unpaired) electrons. The largest absolute Gasteiger partial charge is 0.492 e. The molecule has 6 nitrogen and oxygen atoms in total. The molecule has 1 aliphatic rings. The molecule has 1 aliphatic heterocycles. The molecule has 2 N–H and O–H groups in total. The second-order valence-corrected chi connectivity index (χ2v) is 6.61. The first-order chi connectivity index (χ1) is 11.4. The van der Waals surface area contributed by atoms with Gasteiger partial charge in [-0.25, -0.2) is 9.59 Å². The Labute approximate surface area is 154 Å². The van der Waals surface area contributed by atoms with Crippen molar-refractivity contribution < 1.29 is 24.5 Å². The zero-order valence-corrected chi connectivity index (χ0v) is 15.6. The summed E-state index contributed by atoms with van der Waals surface area (Å²) < 4.78 is 6.68. The lowest BCUT2D eigenvalue weighted by molar-refractivity contribution is -0.159. The summed E-state index contributed by atoms with van der Waals surface area (Å²) in [5.41, 5.74) is 0. The number of aliphatic carboxylic acids is 2. The van der Waals surface area contributed by atoms with E-state index in [0.717, 1.165) is 29.8 Å². The molecule has 0 saturated carbocycles. The smallest absolute Gasteiger partial charge is 0.414 e. The molecular formula is C16H21BrClNO5. The molecule has 1 aromatic rings. The maximum absolute atomic E-state index is 9.10. The van der Waals surface area contributed by atoms with Gasteiger partial charge in [-0.1, -0.05) is 34.0 Å². The van der Waals surface area contributed by atoms with Gasteiger partial charge in [0.25, 0.3) is 0 Å². The Bertz CT molecular complexity index is 537. The minimum atomic E-state index is -1.82. The average Bonchev–Trinajstić information content (AvgIpc) is 2.54. The van der Waals surface area contributed by atoms with Crippen molar-refractivity contribution in [3.05, 3.63) is 27.7 Å². The minimum absolute atomic E-state index is 0.669. The number of nitrogens with zero attached hydrogens (tertiary/aromatic N) is 1. The first-order valence-electron chi connectivity index (χ1n) is 7.66. The molecule has 1 fully saturated rings. The van der Waals surface area contributed by atoms with E-state index in [1.54, 1.807) is 0 Å². The number of piperidine rings is 1. The summed E-state index contributed by atoms with van der Waals surface area (Å²) in [6, 6.07) is 5.72. The zero-order chi connectivity index (χ0) is 17.9. The van der Waals surface area contributed by atoms with Crippen LogP contribution in [0.25, 0.3) is 0 Å². The number of rotatable bonds is 5. The lowest BCUT2D eigenvalue weighted by atomic mass is 10.1. The van der Waals surface area contributed by atoms with Crippen LogP contribution in [-0.4, -0.2) is 53.3 Å². The van der Waals surface area contributed by atoms with Crippen LogP contribution in [0.4, 0.5) is 0 Å². The normalized spacial score (nSPS) is 14.4. The molecule has 0 atom stereocenters. The van der Waals surface area contributed by atoms with Crippen LogP contribution in [0.2, 0.25) is 5.02 Å². The van der Waals surface area contributed by atoms with Gasteiger partial charge in [0.05, 0.1) is 11.6 Å². The van der Waals surface area contributed by atoms with Gasteiger partial charge in [0, 0.05) is 11.0 Å². The van der Waals surface area contributed by atoms with Gasteiger partial charge in [0.15, 0.2) is 0 Å². The number of hydrogen-bond acceptors (Lipinski definition) is 4. The first-order valence-corrected chi connectivity index (χ1v) is 8.83. The predicted molar refractivity (Wildman–Crippen MR) is 94.8 cm³/mol. The number of carbonyl (C=O) groups is 2. The van der Waals surface area contributed by atoms with Gasteiger partial charge in [0.2, 0.25) is 0 Å². The van der Waals surface area contributed by atoms with Crippen molar-refractivity contribution in [2.75, 3.05) is 26.2 Å². The highest BCUT2D eigenvalue weighted by Crippen LogP contribution is 2.27. The molecule has 0 aliphatic carbocycles. The number of carboxylic acids is 2. The van der Waals surface area contributed by atoms with Crippen molar-refractivity contribution in [2.24, 2.45) is 0 Å². The van der Waals surface area contributed by atoms with E-state index >= 15 is 0 Å². The molecule has 0 bridgehead atoms. The number of halogens is 2. The lowest BCUT2D eigenvalue weighted by Gasteiger charge is -2.26. The van der Waals surface area contributed by atoms with Crippen LogP contribution in [0.3, 0.4) is 0 Å². The Morgan fingerprint density at radius 2 is 1.79 bits per heavy atom. The van der Waals surface area contributed by atoms with Crippen LogP contribution in [0.1, 0.15) is 25.7 Å². The summed E-state index contributed by atoms with van der Waals surface area (Å²) in [4.78, 5) is 20.7. The van der Waals surface area contributed by atoms with E-state index in [9.17, 15) is 0 Å². The Hall–Kier alpha value is -1.31. The molecule has 2 rings (SSSR count). The Morgan fingerprint density at radius 3 is 2.33 bits per heavy atom. The Morgan fingerprint density at radius 1 is 1.17 bits per heavy atom. The van der Waals surface area contributed by atoms with E-state index in [1.165, 1.54) is 32.4 Å². The summed E-state index contributed by atoms with van der Waals surface area (Å²) in [7, 11) is 0. The van der Waals surface area contributed by atoms with Crippen LogP contribution in [0.5, 0.6) is 5.75 Å². The summed E-state index contributed by atoms with van der Waals surface area (Å²) in [6.45, 7) is 4.37. The molecule has 0 aromatic heterocycles. The highest BCUT2D eigenvalue weighted by Gasteiger charge is 2.09. The molecule has 1 heterocycles. The van der Waals surface area contributed by atoms with Gasteiger partial charge in [-0.2, -0.15) is 0 Å². The van der Waals surface area contributed by atoms with Crippen molar-refractivity contribution in [3.8, 4) is 5.75 Å². The van der Waals surface area contributed by atoms with E-state index in [2.05, 4.69) is 20.8 Å². The highest BCUT2D eigenvalue weighted by atomic mass is 79.9. The minimum Gasteiger partial charge on any atom is -0.492 e. The monoisotopic (exact) mass is 421 g/mol. The summed E-state index contributed by atoms with van der Waals surface area (Å²) in [5.74, 6) is -2.87. The van der Waals surface area contributed by atoms with Gasteiger partial charge in [0.1, 0.15) is 5.75 Å². The predicted octanol–water partition coefficient (Wildman–Crippen LogP) is 3.51. The SMILES string of the molecule is Clc1cc(Br)ccc1OCCCN1CCCCC1.O=C(O)C(=O)O. The summed E-state index contributed by atoms with van der Waals surface area (Å²) in [6.07, 6.45) is 5.15. The zero-order valence-electron chi connectivity index (χ0n) is 13.2. The van der Waals surface area contributed by atoms with E-state index < -0.39 is 11.9 Å². The van der Waals surface area contributed by atoms with E-state index in [1.807, 2.05) is 18.2 Å². The first kappa shape index (κ1) is 20.7. The van der Waals surface area contributed by atoms with E-state index in [0.29, 0.717) is 5.02 Å². The third-order valence-corrected chi connectivity index (χ3v) is 4.19. The fourth-order valence-corrected chi connectivity index (χ4v) is 2.97. The number of ether oxygens (including phenoxy) is 1. The third kappa shape index (κ3) is 8.52. The molecule has 1 saturated heterocycles. The van der Waals surface area contributed by atoms with Crippen molar-refractivity contribution in [1.82, 2.24) is 4.90 Å². The standard InChI is InChI=1S/C14H19BrClNO.C2H2O4/c15-12-5-6-14(13(16)11-12)18-10-4-9-17-7-2-1-3-8-17;3-1(4)2(5)6/h5-6,11H,1-4,7-10H2;(H,3,4)(H,5,6). The second-order valence-electron chi connectivity index (χ2n) is 5.29. The molecule has 0 spiro atoms. The number of likely N-dealkylation sites (tertiary alicyclic amines) is 1. The molecule has 0 unspecified atom stereocenters. The Balaban J connectivity index is 0.000000413. The van der Waals surface area contributed by atoms with Crippen LogP contribution in [0.15, 0.2) is 22.7 Å². The third-order valence-electron chi connectivity index (χ3n) is 3.40. The van der Waals surface area contributed by atoms with Crippen molar-refractivity contribution in [3.63, 3.8) is 0 Å². The van der Waals surface area contributed by atoms with Gasteiger partial charge in [-0.3, -0.25) is 0 Å². The number of carboxylic acid groups (broad SMARTS) is 2. The Kier molecular flexibility index (Phi) is 9.75. The van der Waals surface area contributed by atoms with E-state index in [4.69, 9.17) is 36.1 Å². The summed E-state index contributed by atoms with van der Waals surface area (Å²) in [5, 5.41) is 15.5. The van der Waals surface area contributed by atoms with Gasteiger partial charge >= 0.3 is 11.9 Å². The number of hydrogen-bond donors (Lipinski definition) is 2. The topological polar surface area (TPSA) is 87.1 Å². The van der Waals surface area contributed by atoms with Crippen LogP contribution >= 0.6 is 27.5 Å². The van der Waals surface area contributed by atoms with Crippen LogP contribution < -0.4 is 4.74 Å². The maximum atomic E-state index is 9.10. The average molecular weight is 423 g/mol. The molecule has 0 amide bonds. The second kappa shape index (κ2) is 11.3. The van der Waals surface area contributed by atoms with Crippen molar-refractivity contribution >= 4 is 39.5 Å². The van der Waals surface area contributed by atoms with Crippen molar-refractivity contribution in [1.29, 1.82) is 0 Å². The quantitative estimate of drug-likeness (QED) is 0.558. The number of benzene rings is 1. The van der Waals surface area contributed by atoms with E-state index in [-0.39, 0.29) is 0 Å². The summed E-state index contributed by atoms with van der Waals surface area (Å²) >= 11 is 9.48. The molecule has 8 heteroatoms. The maximum Gasteiger partial charge on any atom is 0.414 e. The van der Waals surface area contributed by atoms with Gasteiger partial charge in [-0.15, -0.1) is 0 Å². The van der Waals surface area contributed by atoms with Crippen LogP contribution in [0, 0.1) is 0 Å². The van der Waals surface area contributed by atoms with Crippen molar-refractivity contribution in [2.45, 2.75) is 25.7 Å². The molecule has 1 aromatic carbocycles. The van der Waals surface area contributed by atoms with Gasteiger partial charge < -0.3 is 19.8 Å². The fraction of sp³-hybridized carbons (Fsp3) is 0.500.